The first-order valence-electron chi connectivity index (χ1n) is 7.71. The Hall–Kier alpha value is -0.0800. The predicted molar refractivity (Wildman–Crippen MR) is 74.2 cm³/mol. The predicted octanol–water partition coefficient (Wildman–Crippen LogP) is 3.49. The van der Waals surface area contributed by atoms with E-state index in [0.717, 1.165) is 25.3 Å². The van der Waals surface area contributed by atoms with E-state index in [4.69, 9.17) is 0 Å². The van der Waals surface area contributed by atoms with Crippen molar-refractivity contribution in [1.29, 1.82) is 0 Å². The minimum absolute atomic E-state index is 0.0136. The molecule has 102 valence electrons. The molecular formula is C15H31NO. The van der Waals surface area contributed by atoms with Crippen molar-refractivity contribution >= 4 is 0 Å². The Bertz CT molecular complexity index is 172. The number of unbranched alkanes of at least 4 members (excludes halogenated alkanes) is 6. The highest BCUT2D eigenvalue weighted by Gasteiger charge is 2.21. The van der Waals surface area contributed by atoms with Gasteiger partial charge in [-0.25, -0.2) is 0 Å². The zero-order chi connectivity index (χ0) is 12.3. The molecule has 1 saturated carbocycles. The molecule has 0 heterocycles. The molecule has 2 heteroatoms. The van der Waals surface area contributed by atoms with Crippen LogP contribution in [0.15, 0.2) is 0 Å². The standard InChI is InChI=1S/C15H31NO/c1-2-3-4-5-6-7-8-11-16-13-14-9-10-15(17)12-14/h14-17H,2-13H2,1H3. The largest absolute Gasteiger partial charge is 0.393 e. The molecule has 2 nitrogen and oxygen atoms in total. The SMILES string of the molecule is CCCCCCCCCNCC1CCC(O)C1. The van der Waals surface area contributed by atoms with Crippen LogP contribution in [0.3, 0.4) is 0 Å². The van der Waals surface area contributed by atoms with Gasteiger partial charge in [0.05, 0.1) is 6.10 Å². The second kappa shape index (κ2) is 9.90. The molecule has 1 rings (SSSR count). The molecular weight excluding hydrogens is 210 g/mol. The molecule has 0 spiro atoms. The van der Waals surface area contributed by atoms with Gasteiger partial charge in [-0.3, -0.25) is 0 Å². The van der Waals surface area contributed by atoms with Gasteiger partial charge < -0.3 is 10.4 Å². The van der Waals surface area contributed by atoms with E-state index in [1.807, 2.05) is 0 Å². The quantitative estimate of drug-likeness (QED) is 0.574. The van der Waals surface area contributed by atoms with Crippen LogP contribution in [0.5, 0.6) is 0 Å². The van der Waals surface area contributed by atoms with Crippen LogP contribution < -0.4 is 5.32 Å². The highest BCUT2D eigenvalue weighted by Crippen LogP contribution is 2.24. The van der Waals surface area contributed by atoms with E-state index < -0.39 is 0 Å². The fraction of sp³-hybridized carbons (Fsp3) is 1.00. The van der Waals surface area contributed by atoms with Crippen molar-refractivity contribution in [3.8, 4) is 0 Å². The molecule has 2 N–H and O–H groups in total. The molecule has 0 radical (unpaired) electrons. The third-order valence-electron chi connectivity index (χ3n) is 3.90. The maximum absolute atomic E-state index is 9.42. The van der Waals surface area contributed by atoms with E-state index >= 15 is 0 Å². The van der Waals surface area contributed by atoms with Crippen LogP contribution in [0.25, 0.3) is 0 Å². The molecule has 2 atom stereocenters. The van der Waals surface area contributed by atoms with Crippen molar-refractivity contribution in [1.82, 2.24) is 5.32 Å². The second-order valence-electron chi connectivity index (χ2n) is 5.66. The smallest absolute Gasteiger partial charge is 0.0543 e. The molecule has 1 aliphatic carbocycles. The first-order chi connectivity index (χ1) is 8.33. The lowest BCUT2D eigenvalue weighted by Gasteiger charge is -2.10. The van der Waals surface area contributed by atoms with Gasteiger partial charge in [-0.1, -0.05) is 45.4 Å². The molecule has 2 unspecified atom stereocenters. The van der Waals surface area contributed by atoms with Crippen molar-refractivity contribution in [3.63, 3.8) is 0 Å². The van der Waals surface area contributed by atoms with Crippen molar-refractivity contribution in [2.24, 2.45) is 5.92 Å². The van der Waals surface area contributed by atoms with Gasteiger partial charge in [0, 0.05) is 0 Å². The molecule has 0 aliphatic heterocycles. The summed E-state index contributed by atoms with van der Waals surface area (Å²) in [6.07, 6.45) is 12.9. The van der Waals surface area contributed by atoms with E-state index in [9.17, 15) is 5.11 Å². The summed E-state index contributed by atoms with van der Waals surface area (Å²) in [5, 5.41) is 13.0. The minimum Gasteiger partial charge on any atom is -0.393 e. The van der Waals surface area contributed by atoms with E-state index in [-0.39, 0.29) is 6.10 Å². The van der Waals surface area contributed by atoms with Crippen molar-refractivity contribution < 1.29 is 5.11 Å². The number of nitrogens with one attached hydrogen (secondary N) is 1. The monoisotopic (exact) mass is 241 g/mol. The first kappa shape index (κ1) is 15.0. The normalized spacial score (nSPS) is 24.4. The Balaban J connectivity index is 1.75. The van der Waals surface area contributed by atoms with Crippen LogP contribution in [-0.2, 0) is 0 Å². The van der Waals surface area contributed by atoms with E-state index in [1.165, 1.54) is 57.9 Å². The number of rotatable bonds is 10. The Morgan fingerprint density at radius 1 is 1.00 bits per heavy atom. The summed E-state index contributed by atoms with van der Waals surface area (Å²) >= 11 is 0. The van der Waals surface area contributed by atoms with Crippen molar-refractivity contribution in [3.05, 3.63) is 0 Å². The molecule has 0 aromatic carbocycles. The summed E-state index contributed by atoms with van der Waals surface area (Å²) in [5.41, 5.74) is 0. The van der Waals surface area contributed by atoms with Gasteiger partial charge in [0.25, 0.3) is 0 Å². The van der Waals surface area contributed by atoms with Crippen LogP contribution in [0.2, 0.25) is 0 Å². The van der Waals surface area contributed by atoms with Crippen LogP contribution in [0.1, 0.15) is 71.1 Å². The van der Waals surface area contributed by atoms with Gasteiger partial charge in [-0.2, -0.15) is 0 Å². The summed E-state index contributed by atoms with van der Waals surface area (Å²) in [7, 11) is 0. The van der Waals surface area contributed by atoms with Gasteiger partial charge in [-0.05, 0) is 44.7 Å². The van der Waals surface area contributed by atoms with Crippen molar-refractivity contribution in [2.45, 2.75) is 77.2 Å². The van der Waals surface area contributed by atoms with Gasteiger partial charge in [0.15, 0.2) is 0 Å². The second-order valence-corrected chi connectivity index (χ2v) is 5.66. The Morgan fingerprint density at radius 2 is 1.71 bits per heavy atom. The molecule has 0 aromatic rings. The van der Waals surface area contributed by atoms with E-state index in [0.29, 0.717) is 0 Å². The molecule has 0 amide bonds. The lowest BCUT2D eigenvalue weighted by molar-refractivity contribution is 0.177. The molecule has 0 saturated heterocycles. The Morgan fingerprint density at radius 3 is 2.35 bits per heavy atom. The molecule has 1 aliphatic rings. The fourth-order valence-corrected chi connectivity index (χ4v) is 2.75. The Kier molecular flexibility index (Phi) is 8.72. The summed E-state index contributed by atoms with van der Waals surface area (Å²) in [6.45, 7) is 4.55. The zero-order valence-corrected chi connectivity index (χ0v) is 11.6. The molecule has 0 aromatic heterocycles. The van der Waals surface area contributed by atoms with Crippen molar-refractivity contribution in [2.75, 3.05) is 13.1 Å². The lowest BCUT2D eigenvalue weighted by atomic mass is 10.1. The molecule has 0 bridgehead atoms. The van der Waals surface area contributed by atoms with Gasteiger partial charge in [0.1, 0.15) is 0 Å². The third-order valence-corrected chi connectivity index (χ3v) is 3.90. The Labute approximate surface area is 107 Å². The maximum atomic E-state index is 9.42. The zero-order valence-electron chi connectivity index (χ0n) is 11.6. The number of hydrogen-bond acceptors (Lipinski definition) is 2. The van der Waals surface area contributed by atoms with Crippen LogP contribution in [0, 0.1) is 5.92 Å². The van der Waals surface area contributed by atoms with Crippen LogP contribution in [-0.4, -0.2) is 24.3 Å². The maximum Gasteiger partial charge on any atom is 0.0543 e. The minimum atomic E-state index is -0.0136. The molecule has 1 fully saturated rings. The van der Waals surface area contributed by atoms with E-state index in [1.54, 1.807) is 0 Å². The van der Waals surface area contributed by atoms with Gasteiger partial charge >= 0.3 is 0 Å². The first-order valence-corrected chi connectivity index (χ1v) is 7.71. The number of aliphatic hydroxyl groups is 1. The lowest BCUT2D eigenvalue weighted by Crippen LogP contribution is -2.22. The molecule has 17 heavy (non-hydrogen) atoms. The summed E-state index contributed by atoms with van der Waals surface area (Å²) in [4.78, 5) is 0. The number of hydrogen-bond donors (Lipinski definition) is 2. The van der Waals surface area contributed by atoms with Gasteiger partial charge in [-0.15, -0.1) is 0 Å². The third kappa shape index (κ3) is 7.77. The summed E-state index contributed by atoms with van der Waals surface area (Å²) in [5.74, 6) is 0.731. The van der Waals surface area contributed by atoms with Crippen LogP contribution >= 0.6 is 0 Å². The topological polar surface area (TPSA) is 32.3 Å². The average molecular weight is 241 g/mol. The summed E-state index contributed by atoms with van der Waals surface area (Å²) in [6, 6.07) is 0. The summed E-state index contributed by atoms with van der Waals surface area (Å²) < 4.78 is 0. The van der Waals surface area contributed by atoms with E-state index in [2.05, 4.69) is 12.2 Å². The van der Waals surface area contributed by atoms with Gasteiger partial charge in [0.2, 0.25) is 0 Å². The highest BCUT2D eigenvalue weighted by atomic mass is 16.3. The average Bonchev–Trinajstić information content (AvgIpc) is 2.73. The number of aliphatic hydroxyl groups excluding tert-OH is 1. The van der Waals surface area contributed by atoms with Crippen LogP contribution in [0.4, 0.5) is 0 Å². The fourth-order valence-electron chi connectivity index (χ4n) is 2.75. The highest BCUT2D eigenvalue weighted by molar-refractivity contribution is 4.75.